The predicted molar refractivity (Wildman–Crippen MR) is 66.5 cm³/mol. The number of nitrogens with zero attached hydrogens (tertiary/aromatic N) is 1. The fraction of sp³-hybridized carbons (Fsp3) is 0.0769. The molecule has 0 unspecified atom stereocenters. The maximum atomic E-state index is 9.63. The molecule has 3 nitrogen and oxygen atoms in total. The van der Waals surface area contributed by atoms with Crippen molar-refractivity contribution in [3.8, 4) is 5.75 Å². The van der Waals surface area contributed by atoms with Crippen LogP contribution < -0.4 is 5.73 Å². The highest BCUT2D eigenvalue weighted by Crippen LogP contribution is 2.33. The summed E-state index contributed by atoms with van der Waals surface area (Å²) in [6.07, 6.45) is 0. The average Bonchev–Trinajstić information content (AvgIpc) is 2.55. The Morgan fingerprint density at radius 3 is 2.62 bits per heavy atom. The molecule has 0 aliphatic rings. The van der Waals surface area contributed by atoms with Gasteiger partial charge in [-0.15, -0.1) is 0 Å². The first-order chi connectivity index (χ1) is 7.68. The number of nitrogen functional groups attached to an aromatic ring is 1. The molecule has 0 aliphatic heterocycles. The lowest BCUT2D eigenvalue weighted by Crippen LogP contribution is -1.88. The fourth-order valence-electron chi connectivity index (χ4n) is 2.21. The van der Waals surface area contributed by atoms with Crippen LogP contribution in [0.3, 0.4) is 0 Å². The van der Waals surface area contributed by atoms with Crippen molar-refractivity contribution < 1.29 is 5.11 Å². The maximum absolute atomic E-state index is 9.63. The molecule has 1 heterocycles. The zero-order chi connectivity index (χ0) is 11.3. The number of fused-ring (bicyclic) bond motifs is 3. The second-order valence-corrected chi connectivity index (χ2v) is 4.00. The van der Waals surface area contributed by atoms with Crippen LogP contribution in [0.25, 0.3) is 21.8 Å². The molecule has 3 heteroatoms. The van der Waals surface area contributed by atoms with Crippen LogP contribution in [0.5, 0.6) is 5.75 Å². The van der Waals surface area contributed by atoms with Gasteiger partial charge in [-0.05, 0) is 12.1 Å². The van der Waals surface area contributed by atoms with Crippen LogP contribution in [0.1, 0.15) is 0 Å². The lowest BCUT2D eigenvalue weighted by molar-refractivity contribution is 0.478. The molecule has 3 aromatic rings. The van der Waals surface area contributed by atoms with Crippen LogP contribution in [0.4, 0.5) is 5.69 Å². The van der Waals surface area contributed by atoms with Gasteiger partial charge in [0, 0.05) is 29.4 Å². The number of para-hydroxylation sites is 1. The highest BCUT2D eigenvalue weighted by Gasteiger charge is 2.09. The molecular weight excluding hydrogens is 200 g/mol. The van der Waals surface area contributed by atoms with Crippen LogP contribution in [0, 0.1) is 0 Å². The molecule has 0 aliphatic carbocycles. The fourth-order valence-corrected chi connectivity index (χ4v) is 2.21. The number of phenolic OH excluding ortho intramolecular Hbond substituents is 1. The lowest BCUT2D eigenvalue weighted by Gasteiger charge is -2.00. The molecule has 0 bridgehead atoms. The largest absolute Gasteiger partial charge is 0.506 e. The summed E-state index contributed by atoms with van der Waals surface area (Å²) in [5.74, 6) is 0.137. The van der Waals surface area contributed by atoms with Crippen molar-refractivity contribution in [2.24, 2.45) is 7.05 Å². The van der Waals surface area contributed by atoms with E-state index in [9.17, 15) is 5.11 Å². The summed E-state index contributed by atoms with van der Waals surface area (Å²) in [4.78, 5) is 0. The summed E-state index contributed by atoms with van der Waals surface area (Å²) in [5.41, 5.74) is 8.28. The summed E-state index contributed by atoms with van der Waals surface area (Å²) < 4.78 is 2.06. The van der Waals surface area contributed by atoms with Gasteiger partial charge in [0.05, 0.1) is 11.2 Å². The number of anilines is 1. The predicted octanol–water partition coefficient (Wildman–Crippen LogP) is 2.62. The number of aromatic hydroxyl groups is 1. The lowest BCUT2D eigenvalue weighted by atomic mass is 10.1. The molecule has 1 aromatic heterocycles. The third-order valence-corrected chi connectivity index (χ3v) is 3.06. The molecule has 3 rings (SSSR count). The number of aryl methyl sites for hydroxylation is 1. The first-order valence-electron chi connectivity index (χ1n) is 5.14. The van der Waals surface area contributed by atoms with Gasteiger partial charge in [0.15, 0.2) is 0 Å². The molecule has 3 N–H and O–H groups in total. The first kappa shape index (κ1) is 9.09. The van der Waals surface area contributed by atoms with Crippen LogP contribution >= 0.6 is 0 Å². The number of nitrogens with two attached hydrogens (primary N) is 1. The van der Waals surface area contributed by atoms with Gasteiger partial charge in [-0.1, -0.05) is 18.2 Å². The van der Waals surface area contributed by atoms with Crippen molar-refractivity contribution in [3.63, 3.8) is 0 Å². The van der Waals surface area contributed by atoms with Crippen molar-refractivity contribution in [1.29, 1.82) is 0 Å². The van der Waals surface area contributed by atoms with Crippen LogP contribution in [-0.2, 0) is 7.05 Å². The molecule has 2 aromatic carbocycles. The quantitative estimate of drug-likeness (QED) is 0.444. The Kier molecular flexibility index (Phi) is 1.66. The molecular formula is C13H12N2O. The first-order valence-corrected chi connectivity index (χ1v) is 5.14. The van der Waals surface area contributed by atoms with Crippen LogP contribution in [0.2, 0.25) is 0 Å². The number of benzene rings is 2. The number of phenols is 1. The number of rotatable bonds is 0. The van der Waals surface area contributed by atoms with Gasteiger partial charge < -0.3 is 15.4 Å². The Bertz CT molecular complexity index is 698. The highest BCUT2D eigenvalue weighted by molar-refractivity contribution is 6.09. The molecule has 0 saturated heterocycles. The Morgan fingerprint density at radius 1 is 1.06 bits per heavy atom. The van der Waals surface area contributed by atoms with Crippen molar-refractivity contribution in [1.82, 2.24) is 4.57 Å². The zero-order valence-electron chi connectivity index (χ0n) is 8.94. The van der Waals surface area contributed by atoms with E-state index in [4.69, 9.17) is 5.73 Å². The highest BCUT2D eigenvalue weighted by atomic mass is 16.3. The summed E-state index contributed by atoms with van der Waals surface area (Å²) in [6, 6.07) is 11.7. The smallest absolute Gasteiger partial charge is 0.140 e. The third kappa shape index (κ3) is 1.03. The minimum Gasteiger partial charge on any atom is -0.506 e. The maximum Gasteiger partial charge on any atom is 0.140 e. The van der Waals surface area contributed by atoms with E-state index in [0.717, 1.165) is 21.8 Å². The van der Waals surface area contributed by atoms with Gasteiger partial charge >= 0.3 is 0 Å². The van der Waals surface area contributed by atoms with E-state index in [1.54, 1.807) is 6.07 Å². The monoisotopic (exact) mass is 212 g/mol. The topological polar surface area (TPSA) is 51.2 Å². The Balaban J connectivity index is 2.62. The van der Waals surface area contributed by atoms with Gasteiger partial charge in [-0.2, -0.15) is 0 Å². The molecule has 80 valence electrons. The third-order valence-electron chi connectivity index (χ3n) is 3.06. The SMILES string of the molecule is Cn1c2ccccc2c2cc(N)c(O)cc21. The van der Waals surface area contributed by atoms with Gasteiger partial charge in [-0.3, -0.25) is 0 Å². The van der Waals surface area contributed by atoms with E-state index in [1.807, 2.05) is 25.2 Å². The minimum atomic E-state index is 0.137. The summed E-state index contributed by atoms with van der Waals surface area (Å²) in [7, 11) is 1.99. The molecule has 0 atom stereocenters. The summed E-state index contributed by atoms with van der Waals surface area (Å²) in [5, 5.41) is 11.9. The molecule has 0 saturated carbocycles. The number of hydrogen-bond donors (Lipinski definition) is 2. The molecule has 0 fully saturated rings. The Morgan fingerprint density at radius 2 is 1.81 bits per heavy atom. The van der Waals surface area contributed by atoms with Gasteiger partial charge in [0.1, 0.15) is 5.75 Å². The average molecular weight is 212 g/mol. The van der Waals surface area contributed by atoms with Crippen molar-refractivity contribution in [3.05, 3.63) is 36.4 Å². The zero-order valence-corrected chi connectivity index (χ0v) is 8.94. The molecule has 0 amide bonds. The van der Waals surface area contributed by atoms with Crippen molar-refractivity contribution in [2.75, 3.05) is 5.73 Å². The van der Waals surface area contributed by atoms with Gasteiger partial charge in [0.25, 0.3) is 0 Å². The van der Waals surface area contributed by atoms with E-state index >= 15 is 0 Å². The molecule has 0 radical (unpaired) electrons. The Labute approximate surface area is 92.7 Å². The molecule has 16 heavy (non-hydrogen) atoms. The van der Waals surface area contributed by atoms with E-state index in [-0.39, 0.29) is 5.75 Å². The van der Waals surface area contributed by atoms with E-state index in [0.29, 0.717) is 5.69 Å². The number of hydrogen-bond acceptors (Lipinski definition) is 2. The second kappa shape index (κ2) is 2.92. The van der Waals surface area contributed by atoms with Crippen LogP contribution in [-0.4, -0.2) is 9.67 Å². The number of aromatic nitrogens is 1. The van der Waals surface area contributed by atoms with E-state index < -0.39 is 0 Å². The van der Waals surface area contributed by atoms with Crippen molar-refractivity contribution in [2.45, 2.75) is 0 Å². The molecule has 0 spiro atoms. The van der Waals surface area contributed by atoms with E-state index in [1.165, 1.54) is 0 Å². The van der Waals surface area contributed by atoms with Crippen LogP contribution in [0.15, 0.2) is 36.4 Å². The Hall–Kier alpha value is -2.16. The summed E-state index contributed by atoms with van der Waals surface area (Å²) in [6.45, 7) is 0. The van der Waals surface area contributed by atoms with E-state index in [2.05, 4.69) is 16.7 Å². The van der Waals surface area contributed by atoms with Crippen molar-refractivity contribution >= 4 is 27.5 Å². The standard InChI is InChI=1S/C13H12N2O/c1-15-11-5-3-2-4-8(11)9-6-10(14)13(16)7-12(9)15/h2-7,16H,14H2,1H3. The van der Waals surface area contributed by atoms with Gasteiger partial charge in [0.2, 0.25) is 0 Å². The van der Waals surface area contributed by atoms with Gasteiger partial charge in [-0.25, -0.2) is 0 Å². The summed E-state index contributed by atoms with van der Waals surface area (Å²) >= 11 is 0. The second-order valence-electron chi connectivity index (χ2n) is 4.00. The minimum absolute atomic E-state index is 0.137. The normalized spacial score (nSPS) is 11.3.